The van der Waals surface area contributed by atoms with Crippen molar-refractivity contribution in [3.05, 3.63) is 283 Å². The van der Waals surface area contributed by atoms with E-state index in [2.05, 4.69) is 295 Å². The third-order valence-corrected chi connectivity index (χ3v) is 11.6. The molecular formula is C63H47N3. The van der Waals surface area contributed by atoms with Crippen LogP contribution in [0.25, 0.3) is 57.9 Å². The Hall–Kier alpha value is -8.79. The average Bonchev–Trinajstić information content (AvgIpc) is 3.40. The second kappa shape index (κ2) is 19.7. The minimum atomic E-state index is 0.935. The summed E-state index contributed by atoms with van der Waals surface area (Å²) in [5, 5.41) is 0. The zero-order valence-electron chi connectivity index (χ0n) is 36.5. The Balaban J connectivity index is 0.855. The Morgan fingerprint density at radius 1 is 0.227 bits per heavy atom. The van der Waals surface area contributed by atoms with Crippen molar-refractivity contribution in [3.8, 4) is 33.6 Å². The normalized spacial score (nSPS) is 11.2. The summed E-state index contributed by atoms with van der Waals surface area (Å²) in [6.45, 7) is 0. The van der Waals surface area contributed by atoms with Gasteiger partial charge in [-0.3, -0.25) is 0 Å². The Morgan fingerprint density at radius 3 is 0.788 bits per heavy atom. The van der Waals surface area contributed by atoms with E-state index in [0.29, 0.717) is 0 Å². The smallest absolute Gasteiger partial charge is 0.0715 e. The molecule has 1 heterocycles. The molecule has 0 unspecified atom stereocenters. The van der Waals surface area contributed by atoms with Crippen LogP contribution in [0.15, 0.2) is 261 Å². The summed E-state index contributed by atoms with van der Waals surface area (Å²) in [5.74, 6) is 0. The van der Waals surface area contributed by atoms with Crippen molar-refractivity contribution in [2.24, 2.45) is 0 Å². The number of rotatable bonds is 13. The fraction of sp³-hybridized carbons (Fsp3) is 0. The molecule has 3 heteroatoms. The predicted molar refractivity (Wildman–Crippen MR) is 281 cm³/mol. The van der Waals surface area contributed by atoms with Gasteiger partial charge in [-0.05, 0) is 118 Å². The third kappa shape index (κ3) is 9.72. The summed E-state index contributed by atoms with van der Waals surface area (Å²) >= 11 is 0. The minimum Gasteiger partial charge on any atom is -0.311 e. The second-order valence-electron chi connectivity index (χ2n) is 16.1. The molecule has 0 atom stereocenters. The van der Waals surface area contributed by atoms with Gasteiger partial charge < -0.3 is 9.80 Å². The fourth-order valence-corrected chi connectivity index (χ4v) is 8.21. The topological polar surface area (TPSA) is 19.4 Å². The van der Waals surface area contributed by atoms with Crippen LogP contribution in [0.2, 0.25) is 0 Å². The Morgan fingerprint density at radius 2 is 0.485 bits per heavy atom. The molecule has 0 aliphatic heterocycles. The van der Waals surface area contributed by atoms with Crippen molar-refractivity contribution in [3.63, 3.8) is 0 Å². The molecular weight excluding hydrogens is 799 g/mol. The molecule has 0 spiro atoms. The van der Waals surface area contributed by atoms with Gasteiger partial charge in [0, 0.05) is 45.3 Å². The number of benzene rings is 9. The quantitative estimate of drug-likeness (QED) is 0.108. The van der Waals surface area contributed by atoms with Crippen molar-refractivity contribution >= 4 is 58.4 Å². The molecule has 3 nitrogen and oxygen atoms in total. The molecule has 0 N–H and O–H groups in total. The monoisotopic (exact) mass is 845 g/mol. The molecule has 0 amide bonds. The van der Waals surface area contributed by atoms with Crippen LogP contribution in [0.4, 0.5) is 34.1 Å². The van der Waals surface area contributed by atoms with E-state index in [1.165, 1.54) is 0 Å². The van der Waals surface area contributed by atoms with Gasteiger partial charge in [-0.1, -0.05) is 200 Å². The van der Waals surface area contributed by atoms with Gasteiger partial charge in [0.2, 0.25) is 0 Å². The van der Waals surface area contributed by atoms with Crippen LogP contribution >= 0.6 is 0 Å². The molecule has 10 rings (SSSR count). The SMILES string of the molecule is C(=C\c1ccc(N(c2ccccc2)c2ccccc2)cc1)/c1ccc(-c2cc(-c3ccccc3)cc(-c3ccc(/C=C/c4ccc(N(c5ccccc5)c5ccccc5)cc4)cc3)n2)cc1. The molecule has 314 valence electrons. The number of hydrogen-bond donors (Lipinski definition) is 0. The van der Waals surface area contributed by atoms with E-state index < -0.39 is 0 Å². The van der Waals surface area contributed by atoms with Gasteiger partial charge in [0.25, 0.3) is 0 Å². The first-order chi connectivity index (χ1) is 32.7. The highest BCUT2D eigenvalue weighted by atomic mass is 15.1. The van der Waals surface area contributed by atoms with E-state index in [9.17, 15) is 0 Å². The van der Waals surface area contributed by atoms with E-state index in [1.54, 1.807) is 0 Å². The second-order valence-corrected chi connectivity index (χ2v) is 16.1. The lowest BCUT2D eigenvalue weighted by atomic mass is 9.99. The lowest BCUT2D eigenvalue weighted by Crippen LogP contribution is -2.09. The number of para-hydroxylation sites is 4. The molecule has 0 aliphatic carbocycles. The van der Waals surface area contributed by atoms with Crippen LogP contribution in [0.5, 0.6) is 0 Å². The summed E-state index contributed by atoms with van der Waals surface area (Å²) in [6, 6.07) is 91.7. The first kappa shape index (κ1) is 41.2. The minimum absolute atomic E-state index is 0.935. The molecule has 66 heavy (non-hydrogen) atoms. The van der Waals surface area contributed by atoms with Gasteiger partial charge in [-0.15, -0.1) is 0 Å². The highest BCUT2D eigenvalue weighted by Gasteiger charge is 2.14. The van der Waals surface area contributed by atoms with Gasteiger partial charge in [-0.2, -0.15) is 0 Å². The van der Waals surface area contributed by atoms with Gasteiger partial charge in [0.1, 0.15) is 0 Å². The first-order valence-electron chi connectivity index (χ1n) is 22.4. The lowest BCUT2D eigenvalue weighted by molar-refractivity contribution is 1.28. The number of hydrogen-bond acceptors (Lipinski definition) is 3. The maximum Gasteiger partial charge on any atom is 0.0715 e. The molecule has 9 aromatic carbocycles. The van der Waals surface area contributed by atoms with E-state index in [4.69, 9.17) is 4.98 Å². The zero-order valence-corrected chi connectivity index (χ0v) is 36.5. The van der Waals surface area contributed by atoms with Crippen LogP contribution in [0.3, 0.4) is 0 Å². The van der Waals surface area contributed by atoms with Gasteiger partial charge in [0.05, 0.1) is 11.4 Å². The lowest BCUT2D eigenvalue weighted by Gasteiger charge is -2.25. The van der Waals surface area contributed by atoms with Crippen molar-refractivity contribution in [2.75, 3.05) is 9.80 Å². The maximum atomic E-state index is 5.23. The van der Waals surface area contributed by atoms with Crippen molar-refractivity contribution in [1.82, 2.24) is 4.98 Å². The molecule has 0 fully saturated rings. The van der Waals surface area contributed by atoms with Crippen molar-refractivity contribution < 1.29 is 0 Å². The summed E-state index contributed by atoms with van der Waals surface area (Å²) < 4.78 is 0. The first-order valence-corrected chi connectivity index (χ1v) is 22.4. The Labute approximate surface area is 388 Å². The number of nitrogens with zero attached hydrogens (tertiary/aromatic N) is 3. The summed E-state index contributed by atoms with van der Waals surface area (Å²) in [4.78, 5) is 9.79. The van der Waals surface area contributed by atoms with E-state index in [-0.39, 0.29) is 0 Å². The summed E-state index contributed by atoms with van der Waals surface area (Å²) in [6.07, 6.45) is 8.67. The summed E-state index contributed by atoms with van der Waals surface area (Å²) in [7, 11) is 0. The zero-order chi connectivity index (χ0) is 44.3. The average molecular weight is 846 g/mol. The number of anilines is 6. The third-order valence-electron chi connectivity index (χ3n) is 11.6. The molecule has 0 aliphatic rings. The van der Waals surface area contributed by atoms with E-state index >= 15 is 0 Å². The van der Waals surface area contributed by atoms with Gasteiger partial charge >= 0.3 is 0 Å². The molecule has 1 aromatic heterocycles. The summed E-state index contributed by atoms with van der Waals surface area (Å²) in [5.41, 5.74) is 17.5. The van der Waals surface area contributed by atoms with Crippen molar-refractivity contribution in [1.29, 1.82) is 0 Å². The van der Waals surface area contributed by atoms with Crippen LogP contribution in [0, 0.1) is 0 Å². The predicted octanol–water partition coefficient (Wildman–Crippen LogP) is 17.4. The highest BCUT2D eigenvalue weighted by Crippen LogP contribution is 2.36. The number of pyridine rings is 1. The Bertz CT molecular complexity index is 2890. The van der Waals surface area contributed by atoms with Gasteiger partial charge in [0.15, 0.2) is 0 Å². The van der Waals surface area contributed by atoms with Gasteiger partial charge in [-0.25, -0.2) is 4.98 Å². The van der Waals surface area contributed by atoms with Crippen LogP contribution in [-0.4, -0.2) is 4.98 Å². The van der Waals surface area contributed by atoms with E-state index in [0.717, 1.165) is 90.0 Å². The molecule has 0 bridgehead atoms. The van der Waals surface area contributed by atoms with Crippen molar-refractivity contribution in [2.45, 2.75) is 0 Å². The van der Waals surface area contributed by atoms with E-state index in [1.807, 2.05) is 0 Å². The molecule has 0 saturated carbocycles. The number of aromatic nitrogens is 1. The fourth-order valence-electron chi connectivity index (χ4n) is 8.21. The largest absolute Gasteiger partial charge is 0.311 e. The molecule has 0 radical (unpaired) electrons. The Kier molecular flexibility index (Phi) is 12.3. The maximum absolute atomic E-state index is 5.23. The molecule has 10 aromatic rings. The van der Waals surface area contributed by atoms with Crippen LogP contribution in [0.1, 0.15) is 22.3 Å². The molecule has 0 saturated heterocycles. The van der Waals surface area contributed by atoms with Crippen LogP contribution in [-0.2, 0) is 0 Å². The van der Waals surface area contributed by atoms with Crippen LogP contribution < -0.4 is 9.80 Å². The highest BCUT2D eigenvalue weighted by molar-refractivity contribution is 5.82. The standard InChI is InChI=1S/C63H47N3/c1-6-16-52(17-7-1)55-46-62(53-38-30-48(31-39-53)26-28-50-34-42-60(43-35-50)65(56-18-8-2-9-19-56)57-20-10-3-11-21-57)64-63(47-55)54-40-32-49(33-41-54)27-29-51-36-44-61(45-37-51)66(58-22-12-4-13-23-58)59-24-14-5-15-25-59/h1-47H/b28-26+,29-27+.